The summed E-state index contributed by atoms with van der Waals surface area (Å²) >= 11 is 0. The molecule has 0 saturated carbocycles. The van der Waals surface area contributed by atoms with Gasteiger partial charge in [-0.1, -0.05) is 0 Å². The minimum absolute atomic E-state index is 0.0134. The van der Waals surface area contributed by atoms with Gasteiger partial charge in [0.15, 0.2) is 0 Å². The van der Waals surface area contributed by atoms with Crippen LogP contribution in [0.1, 0.15) is 17.3 Å². The third-order valence-corrected chi connectivity index (χ3v) is 3.07. The standard InChI is InChI=1S/C11H15N3O4S/c1-7(6-19(2)18)13-11(17)14-9-3-8(10(15)16)4-12-5-9/h3-5,7H,6H2,1-2H3,(H,15,16)(H2,13,14,17). The first-order valence-electron chi connectivity index (χ1n) is 5.44. The summed E-state index contributed by atoms with van der Waals surface area (Å²) in [6.07, 6.45) is 4.08. The van der Waals surface area contributed by atoms with E-state index in [1.807, 2.05) is 0 Å². The van der Waals surface area contributed by atoms with E-state index in [2.05, 4.69) is 15.6 Å². The molecule has 2 amide bonds. The van der Waals surface area contributed by atoms with Crippen LogP contribution < -0.4 is 10.6 Å². The second kappa shape index (κ2) is 6.83. The molecule has 0 aliphatic rings. The number of hydrogen-bond acceptors (Lipinski definition) is 4. The molecule has 1 heterocycles. The fourth-order valence-corrected chi connectivity index (χ4v) is 2.20. The van der Waals surface area contributed by atoms with Crippen molar-refractivity contribution >= 4 is 28.5 Å². The van der Waals surface area contributed by atoms with Crippen molar-refractivity contribution in [2.24, 2.45) is 0 Å². The third-order valence-electron chi connectivity index (χ3n) is 2.11. The fraction of sp³-hybridized carbons (Fsp3) is 0.364. The van der Waals surface area contributed by atoms with E-state index in [0.717, 1.165) is 0 Å². The first kappa shape index (κ1) is 15.1. The van der Waals surface area contributed by atoms with Crippen LogP contribution in [0.25, 0.3) is 0 Å². The van der Waals surface area contributed by atoms with Gasteiger partial charge in [-0.25, -0.2) is 9.59 Å². The molecule has 0 spiro atoms. The SMILES string of the molecule is CC(CS(C)=O)NC(=O)Nc1cncc(C(=O)O)c1. The number of amides is 2. The molecule has 0 aromatic carbocycles. The summed E-state index contributed by atoms with van der Waals surface area (Å²) in [5.41, 5.74) is 0.266. The molecular formula is C11H15N3O4S. The topological polar surface area (TPSA) is 108 Å². The van der Waals surface area contributed by atoms with E-state index >= 15 is 0 Å². The van der Waals surface area contributed by atoms with Crippen molar-refractivity contribution < 1.29 is 18.9 Å². The normalized spacial score (nSPS) is 13.4. The van der Waals surface area contributed by atoms with Crippen LogP contribution in [0.4, 0.5) is 10.5 Å². The molecule has 7 nitrogen and oxygen atoms in total. The Labute approximate surface area is 112 Å². The molecule has 1 aromatic heterocycles. The predicted molar refractivity (Wildman–Crippen MR) is 71.7 cm³/mol. The number of anilines is 1. The van der Waals surface area contributed by atoms with Gasteiger partial charge in [-0.05, 0) is 13.0 Å². The maximum atomic E-state index is 11.6. The zero-order chi connectivity index (χ0) is 14.4. The molecule has 0 radical (unpaired) electrons. The summed E-state index contributed by atoms with van der Waals surface area (Å²) in [5, 5.41) is 13.8. The largest absolute Gasteiger partial charge is 0.478 e. The lowest BCUT2D eigenvalue weighted by atomic mass is 10.2. The monoisotopic (exact) mass is 285 g/mol. The minimum atomic E-state index is -1.12. The molecule has 0 saturated heterocycles. The van der Waals surface area contributed by atoms with Crippen LogP contribution in [0.2, 0.25) is 0 Å². The summed E-state index contributed by atoms with van der Waals surface area (Å²) in [7, 11) is -1.00. The molecule has 0 aliphatic heterocycles. The van der Waals surface area contributed by atoms with Crippen molar-refractivity contribution in [3.05, 3.63) is 24.0 Å². The molecule has 0 fully saturated rings. The van der Waals surface area contributed by atoms with Gasteiger partial charge in [-0.15, -0.1) is 0 Å². The van der Waals surface area contributed by atoms with Gasteiger partial charge in [-0.3, -0.25) is 9.19 Å². The maximum Gasteiger partial charge on any atom is 0.337 e. The van der Waals surface area contributed by atoms with Gasteiger partial charge >= 0.3 is 12.0 Å². The molecule has 2 unspecified atom stereocenters. The number of aromatic carboxylic acids is 1. The Balaban J connectivity index is 2.59. The van der Waals surface area contributed by atoms with E-state index in [1.165, 1.54) is 18.5 Å². The highest BCUT2D eigenvalue weighted by Crippen LogP contribution is 2.08. The van der Waals surface area contributed by atoms with Crippen molar-refractivity contribution in [1.29, 1.82) is 0 Å². The average molecular weight is 285 g/mol. The first-order chi connectivity index (χ1) is 8.88. The Hall–Kier alpha value is -1.96. The lowest BCUT2D eigenvalue weighted by Gasteiger charge is -2.13. The van der Waals surface area contributed by atoms with E-state index in [9.17, 15) is 13.8 Å². The highest BCUT2D eigenvalue weighted by molar-refractivity contribution is 7.84. The number of carbonyl (C=O) groups excluding carboxylic acids is 1. The van der Waals surface area contributed by atoms with Crippen LogP contribution in [-0.2, 0) is 10.8 Å². The Morgan fingerprint density at radius 2 is 2.16 bits per heavy atom. The van der Waals surface area contributed by atoms with Gasteiger partial charge in [0.05, 0.1) is 17.4 Å². The van der Waals surface area contributed by atoms with E-state index in [4.69, 9.17) is 5.11 Å². The summed E-state index contributed by atoms with van der Waals surface area (Å²) in [4.78, 5) is 26.0. The molecular weight excluding hydrogens is 270 g/mol. The quantitative estimate of drug-likeness (QED) is 0.736. The molecule has 8 heteroatoms. The molecule has 0 bridgehead atoms. The van der Waals surface area contributed by atoms with E-state index in [1.54, 1.807) is 13.2 Å². The van der Waals surface area contributed by atoms with Crippen LogP contribution >= 0.6 is 0 Å². The number of carboxylic acids is 1. The van der Waals surface area contributed by atoms with Gasteiger partial charge in [-0.2, -0.15) is 0 Å². The van der Waals surface area contributed by atoms with Crippen molar-refractivity contribution in [2.75, 3.05) is 17.3 Å². The highest BCUT2D eigenvalue weighted by Gasteiger charge is 2.10. The fourth-order valence-electron chi connectivity index (χ4n) is 1.41. The Morgan fingerprint density at radius 3 is 2.74 bits per heavy atom. The van der Waals surface area contributed by atoms with E-state index in [0.29, 0.717) is 5.75 Å². The number of hydrogen-bond donors (Lipinski definition) is 3. The van der Waals surface area contributed by atoms with Crippen LogP contribution in [0, 0.1) is 0 Å². The number of nitrogens with zero attached hydrogens (tertiary/aromatic N) is 1. The number of nitrogens with one attached hydrogen (secondary N) is 2. The molecule has 0 aliphatic carbocycles. The number of urea groups is 1. The molecule has 1 rings (SSSR count). The Morgan fingerprint density at radius 1 is 1.47 bits per heavy atom. The van der Waals surface area contributed by atoms with Crippen molar-refractivity contribution in [2.45, 2.75) is 13.0 Å². The number of pyridine rings is 1. The van der Waals surface area contributed by atoms with Gasteiger partial charge in [0.2, 0.25) is 0 Å². The van der Waals surface area contributed by atoms with Crippen LogP contribution in [0.15, 0.2) is 18.5 Å². The van der Waals surface area contributed by atoms with Crippen LogP contribution in [0.5, 0.6) is 0 Å². The molecule has 19 heavy (non-hydrogen) atoms. The third kappa shape index (κ3) is 5.47. The van der Waals surface area contributed by atoms with Gasteiger partial charge in [0.25, 0.3) is 0 Å². The number of carbonyl (C=O) groups is 2. The van der Waals surface area contributed by atoms with Crippen LogP contribution in [-0.4, -0.2) is 44.4 Å². The molecule has 2 atom stereocenters. The van der Waals surface area contributed by atoms with Gasteiger partial charge in [0, 0.05) is 35.0 Å². The minimum Gasteiger partial charge on any atom is -0.478 e. The second-order valence-electron chi connectivity index (χ2n) is 4.01. The lowest BCUT2D eigenvalue weighted by molar-refractivity contribution is 0.0696. The number of carboxylic acid groups (broad SMARTS) is 1. The van der Waals surface area contributed by atoms with Crippen LogP contribution in [0.3, 0.4) is 0 Å². The number of aromatic nitrogens is 1. The average Bonchev–Trinajstić information content (AvgIpc) is 2.27. The molecule has 3 N–H and O–H groups in total. The van der Waals surface area contributed by atoms with Gasteiger partial charge in [0.1, 0.15) is 0 Å². The zero-order valence-electron chi connectivity index (χ0n) is 10.5. The van der Waals surface area contributed by atoms with E-state index < -0.39 is 22.8 Å². The maximum absolute atomic E-state index is 11.6. The van der Waals surface area contributed by atoms with E-state index in [-0.39, 0.29) is 17.3 Å². The van der Waals surface area contributed by atoms with Crippen molar-refractivity contribution in [3.63, 3.8) is 0 Å². The van der Waals surface area contributed by atoms with Gasteiger partial charge < -0.3 is 15.7 Å². The second-order valence-corrected chi connectivity index (χ2v) is 5.49. The number of rotatable bonds is 5. The Kier molecular flexibility index (Phi) is 5.43. The molecule has 1 aromatic rings. The first-order valence-corrected chi connectivity index (χ1v) is 7.17. The lowest BCUT2D eigenvalue weighted by Crippen LogP contribution is -2.39. The Bertz CT molecular complexity index is 506. The molecule has 104 valence electrons. The summed E-state index contributed by atoms with van der Waals surface area (Å²) in [5.74, 6) is -0.771. The summed E-state index contributed by atoms with van der Waals surface area (Å²) in [6, 6.07) is 0.557. The zero-order valence-corrected chi connectivity index (χ0v) is 11.4. The van der Waals surface area contributed by atoms with Crippen molar-refractivity contribution in [1.82, 2.24) is 10.3 Å². The summed E-state index contributed by atoms with van der Waals surface area (Å²) in [6.45, 7) is 1.73. The smallest absolute Gasteiger partial charge is 0.337 e. The highest BCUT2D eigenvalue weighted by atomic mass is 32.2. The van der Waals surface area contributed by atoms with Crippen molar-refractivity contribution in [3.8, 4) is 0 Å². The summed E-state index contributed by atoms with van der Waals surface area (Å²) < 4.78 is 11.0. The predicted octanol–water partition coefficient (Wildman–Crippen LogP) is 0.668.